The van der Waals surface area contributed by atoms with Gasteiger partial charge in [-0.05, 0) is 35.7 Å². The van der Waals surface area contributed by atoms with Crippen LogP contribution in [0.15, 0.2) is 48.5 Å². The molecule has 1 saturated heterocycles. The predicted octanol–water partition coefficient (Wildman–Crippen LogP) is 3.84. The number of hydrogen-bond donors (Lipinski definition) is 1. The van der Waals surface area contributed by atoms with Crippen molar-refractivity contribution in [2.45, 2.75) is 25.4 Å². The molecule has 3 amide bonds. The topological polar surface area (TPSA) is 49.4 Å². The molecule has 0 saturated carbocycles. The van der Waals surface area contributed by atoms with Gasteiger partial charge in [0.1, 0.15) is 11.4 Å². The lowest BCUT2D eigenvalue weighted by Gasteiger charge is -2.25. The van der Waals surface area contributed by atoms with Gasteiger partial charge in [-0.15, -0.1) is 0 Å². The van der Waals surface area contributed by atoms with Crippen LogP contribution >= 0.6 is 11.6 Å². The molecule has 0 radical (unpaired) electrons. The van der Waals surface area contributed by atoms with Gasteiger partial charge in [-0.3, -0.25) is 9.69 Å². The third kappa shape index (κ3) is 2.65. The van der Waals surface area contributed by atoms with Gasteiger partial charge in [0.2, 0.25) is 0 Å². The first-order chi connectivity index (χ1) is 11.5. The lowest BCUT2D eigenvalue weighted by atomic mass is 9.87. The van der Waals surface area contributed by atoms with Gasteiger partial charge in [-0.25, -0.2) is 9.18 Å². The van der Waals surface area contributed by atoms with E-state index in [1.54, 1.807) is 31.2 Å². The van der Waals surface area contributed by atoms with Crippen molar-refractivity contribution in [3.05, 3.63) is 70.5 Å². The van der Waals surface area contributed by atoms with Crippen molar-refractivity contribution in [3.63, 3.8) is 0 Å². The maximum Gasteiger partial charge on any atom is 0.325 e. The maximum atomic E-state index is 13.2. The van der Waals surface area contributed by atoms with Crippen molar-refractivity contribution in [2.75, 3.05) is 0 Å². The zero-order valence-corrected chi connectivity index (χ0v) is 13.8. The summed E-state index contributed by atoms with van der Waals surface area (Å²) in [5.41, 5.74) is 0.0755. The van der Waals surface area contributed by atoms with Gasteiger partial charge in [0, 0.05) is 5.02 Å². The molecule has 4 nitrogen and oxygen atoms in total. The van der Waals surface area contributed by atoms with Crippen LogP contribution in [0, 0.1) is 5.82 Å². The normalized spacial score (nSPS) is 20.4. The molecule has 1 atom stereocenters. The number of nitrogens with one attached hydrogen (secondary N) is 1. The Kier molecular flexibility index (Phi) is 4.28. The Morgan fingerprint density at radius 1 is 1.12 bits per heavy atom. The van der Waals surface area contributed by atoms with Crippen molar-refractivity contribution in [2.24, 2.45) is 0 Å². The Bertz CT molecular complexity index is 794. The number of carbonyl (C=O) groups excluding carboxylic acids is 2. The molecule has 1 aliphatic heterocycles. The van der Waals surface area contributed by atoms with E-state index < -0.39 is 17.4 Å². The van der Waals surface area contributed by atoms with Crippen LogP contribution < -0.4 is 5.32 Å². The number of halogens is 2. The molecule has 1 aliphatic rings. The van der Waals surface area contributed by atoms with Crippen LogP contribution in [-0.4, -0.2) is 16.8 Å². The highest BCUT2D eigenvalue weighted by atomic mass is 35.5. The second-order valence-corrected chi connectivity index (χ2v) is 6.09. The summed E-state index contributed by atoms with van der Waals surface area (Å²) in [7, 11) is 0. The molecule has 0 spiro atoms. The standard InChI is InChI=1S/C18H16ClFN2O2/c1-2-18(13-7-9-14(20)10-8-13)16(23)22(17(24)21-18)11-12-5-3-4-6-15(12)19/h3-10H,2,11H2,1H3,(H,21,24). The van der Waals surface area contributed by atoms with E-state index in [0.717, 1.165) is 4.90 Å². The summed E-state index contributed by atoms with van der Waals surface area (Å²) < 4.78 is 13.2. The van der Waals surface area contributed by atoms with Crippen LogP contribution in [0.2, 0.25) is 5.02 Å². The van der Waals surface area contributed by atoms with Crippen molar-refractivity contribution >= 4 is 23.5 Å². The van der Waals surface area contributed by atoms with E-state index in [9.17, 15) is 14.0 Å². The van der Waals surface area contributed by atoms with Crippen molar-refractivity contribution < 1.29 is 14.0 Å². The summed E-state index contributed by atoms with van der Waals surface area (Å²) in [6, 6.07) is 12.2. The minimum Gasteiger partial charge on any atom is -0.319 e. The van der Waals surface area contributed by atoms with E-state index in [1.165, 1.54) is 24.3 Å². The number of benzene rings is 2. The number of carbonyl (C=O) groups is 2. The van der Waals surface area contributed by atoms with Gasteiger partial charge in [-0.2, -0.15) is 0 Å². The summed E-state index contributed by atoms with van der Waals surface area (Å²) in [6.45, 7) is 1.90. The first kappa shape index (κ1) is 16.5. The fourth-order valence-corrected chi connectivity index (χ4v) is 3.14. The number of nitrogens with zero attached hydrogens (tertiary/aromatic N) is 1. The molecule has 3 rings (SSSR count). The number of hydrogen-bond acceptors (Lipinski definition) is 2. The molecular weight excluding hydrogens is 331 g/mol. The van der Waals surface area contributed by atoms with Crippen LogP contribution in [0.3, 0.4) is 0 Å². The SMILES string of the molecule is CCC1(c2ccc(F)cc2)NC(=O)N(Cc2ccccc2Cl)C1=O. The van der Waals surface area contributed by atoms with E-state index in [0.29, 0.717) is 22.6 Å². The van der Waals surface area contributed by atoms with Crippen LogP contribution in [0.4, 0.5) is 9.18 Å². The smallest absolute Gasteiger partial charge is 0.319 e. The summed E-state index contributed by atoms with van der Waals surface area (Å²) in [6.07, 6.45) is 0.363. The molecule has 6 heteroatoms. The van der Waals surface area contributed by atoms with Gasteiger partial charge >= 0.3 is 6.03 Å². The molecule has 0 bridgehead atoms. The van der Waals surface area contributed by atoms with Gasteiger partial charge in [0.25, 0.3) is 5.91 Å². The zero-order valence-electron chi connectivity index (χ0n) is 13.1. The van der Waals surface area contributed by atoms with Gasteiger partial charge < -0.3 is 5.32 Å². The van der Waals surface area contributed by atoms with Crippen LogP contribution in [0.5, 0.6) is 0 Å². The quantitative estimate of drug-likeness (QED) is 0.855. The lowest BCUT2D eigenvalue weighted by molar-refractivity contribution is -0.132. The minimum absolute atomic E-state index is 0.0906. The highest BCUT2D eigenvalue weighted by molar-refractivity contribution is 6.31. The van der Waals surface area contributed by atoms with Gasteiger partial charge in [0.05, 0.1) is 6.54 Å². The molecule has 0 aliphatic carbocycles. The molecule has 2 aromatic rings. The van der Waals surface area contributed by atoms with E-state index in [-0.39, 0.29) is 12.5 Å². The maximum absolute atomic E-state index is 13.2. The fourth-order valence-electron chi connectivity index (χ4n) is 2.94. The molecule has 0 aromatic heterocycles. The van der Waals surface area contributed by atoms with Gasteiger partial charge in [-0.1, -0.05) is 48.9 Å². The largest absolute Gasteiger partial charge is 0.325 e. The van der Waals surface area contributed by atoms with Crippen molar-refractivity contribution in [1.82, 2.24) is 10.2 Å². The Labute approximate surface area is 144 Å². The molecular formula is C18H16ClFN2O2. The molecule has 2 aromatic carbocycles. The van der Waals surface area contributed by atoms with Crippen LogP contribution in [0.1, 0.15) is 24.5 Å². The first-order valence-electron chi connectivity index (χ1n) is 7.61. The number of amides is 3. The first-order valence-corrected chi connectivity index (χ1v) is 7.99. The molecule has 1 N–H and O–H groups in total. The summed E-state index contributed by atoms with van der Waals surface area (Å²) in [4.78, 5) is 26.5. The number of urea groups is 1. The van der Waals surface area contributed by atoms with E-state index >= 15 is 0 Å². The van der Waals surface area contributed by atoms with E-state index in [1.807, 2.05) is 0 Å². The molecule has 1 unspecified atom stereocenters. The Morgan fingerprint density at radius 3 is 2.42 bits per heavy atom. The fraction of sp³-hybridized carbons (Fsp3) is 0.222. The Balaban J connectivity index is 1.95. The number of rotatable bonds is 4. The van der Waals surface area contributed by atoms with Gasteiger partial charge in [0.15, 0.2) is 0 Å². The van der Waals surface area contributed by atoms with E-state index in [2.05, 4.69) is 5.32 Å². The van der Waals surface area contributed by atoms with Crippen LogP contribution in [-0.2, 0) is 16.9 Å². The summed E-state index contributed by atoms with van der Waals surface area (Å²) in [5.74, 6) is -0.753. The molecule has 124 valence electrons. The van der Waals surface area contributed by atoms with Crippen molar-refractivity contribution in [3.8, 4) is 0 Å². The lowest BCUT2D eigenvalue weighted by Crippen LogP contribution is -2.43. The number of imide groups is 1. The highest BCUT2D eigenvalue weighted by Gasteiger charge is 2.51. The second-order valence-electron chi connectivity index (χ2n) is 5.68. The minimum atomic E-state index is -1.17. The average molecular weight is 347 g/mol. The monoisotopic (exact) mass is 346 g/mol. The van der Waals surface area contributed by atoms with E-state index in [4.69, 9.17) is 11.6 Å². The average Bonchev–Trinajstić information content (AvgIpc) is 2.82. The Hall–Kier alpha value is -2.40. The molecule has 24 heavy (non-hydrogen) atoms. The predicted molar refractivity (Wildman–Crippen MR) is 88.9 cm³/mol. The molecule has 1 heterocycles. The van der Waals surface area contributed by atoms with Crippen LogP contribution in [0.25, 0.3) is 0 Å². The summed E-state index contributed by atoms with van der Waals surface area (Å²) in [5, 5.41) is 3.26. The second kappa shape index (κ2) is 6.24. The third-order valence-electron chi connectivity index (χ3n) is 4.33. The summed E-state index contributed by atoms with van der Waals surface area (Å²) >= 11 is 6.13. The van der Waals surface area contributed by atoms with Crippen molar-refractivity contribution in [1.29, 1.82) is 0 Å². The molecule has 1 fully saturated rings. The highest BCUT2D eigenvalue weighted by Crippen LogP contribution is 2.33. The Morgan fingerprint density at radius 2 is 1.79 bits per heavy atom. The third-order valence-corrected chi connectivity index (χ3v) is 4.70. The zero-order chi connectivity index (χ0) is 17.3.